The van der Waals surface area contributed by atoms with E-state index in [0.717, 1.165) is 63.5 Å². The fourth-order valence-corrected chi connectivity index (χ4v) is 4.08. The molecule has 0 spiro atoms. The minimum Gasteiger partial charge on any atom is -0.497 e. The van der Waals surface area contributed by atoms with Crippen molar-refractivity contribution in [2.75, 3.05) is 61.9 Å². The van der Waals surface area contributed by atoms with Crippen LogP contribution in [0.4, 0.5) is 17.1 Å². The van der Waals surface area contributed by atoms with Gasteiger partial charge in [-0.25, -0.2) is 0 Å². The summed E-state index contributed by atoms with van der Waals surface area (Å²) in [6.45, 7) is 5.37. The number of benzene rings is 2. The molecule has 4 rings (SSSR count). The third-order valence-corrected chi connectivity index (χ3v) is 5.73. The number of carbonyl (C=O) groups excluding carboxylic acids is 1. The van der Waals surface area contributed by atoms with Crippen LogP contribution < -0.4 is 20.3 Å². The van der Waals surface area contributed by atoms with Gasteiger partial charge in [0, 0.05) is 50.5 Å². The highest BCUT2D eigenvalue weighted by atomic mass is 16.5. The molecule has 2 aliphatic heterocycles. The molecule has 2 N–H and O–H groups in total. The number of carbonyl (C=O) groups is 1. The molecule has 28 heavy (non-hydrogen) atoms. The zero-order chi connectivity index (χ0) is 19.5. The van der Waals surface area contributed by atoms with E-state index in [0.29, 0.717) is 11.3 Å². The number of nitrogens with zero attached hydrogens (tertiary/aromatic N) is 3. The van der Waals surface area contributed by atoms with Gasteiger partial charge in [0.15, 0.2) is 0 Å². The second kappa shape index (κ2) is 8.00. The van der Waals surface area contributed by atoms with Crippen molar-refractivity contribution in [2.24, 2.45) is 0 Å². The Morgan fingerprint density at radius 1 is 0.893 bits per heavy atom. The van der Waals surface area contributed by atoms with Gasteiger partial charge >= 0.3 is 0 Å². The Bertz CT molecular complexity index is 823. The first-order chi connectivity index (χ1) is 13.7. The van der Waals surface area contributed by atoms with Crippen molar-refractivity contribution in [1.82, 2.24) is 4.90 Å². The van der Waals surface area contributed by atoms with Crippen LogP contribution in [0.3, 0.4) is 0 Å². The van der Waals surface area contributed by atoms with E-state index in [9.17, 15) is 4.79 Å². The average Bonchev–Trinajstić information content (AvgIpc) is 3.28. The lowest BCUT2D eigenvalue weighted by Gasteiger charge is -2.38. The number of amides is 1. The Labute approximate surface area is 166 Å². The molecule has 2 saturated heterocycles. The summed E-state index contributed by atoms with van der Waals surface area (Å²) in [5.41, 5.74) is 9.93. The smallest absolute Gasteiger partial charge is 0.253 e. The van der Waals surface area contributed by atoms with E-state index < -0.39 is 0 Å². The summed E-state index contributed by atoms with van der Waals surface area (Å²) in [7, 11) is 1.68. The number of rotatable bonds is 4. The second-order valence-corrected chi connectivity index (χ2v) is 7.45. The molecule has 0 unspecified atom stereocenters. The summed E-state index contributed by atoms with van der Waals surface area (Å²) in [4.78, 5) is 19.2. The molecule has 0 aliphatic carbocycles. The standard InChI is InChI=1S/C22H28N4O2/c1-28-19-7-5-18(6-8-19)24-12-14-25(15-13-24)21-9-4-17(16-20(21)23)22(27)26-10-2-3-11-26/h4-9,16H,2-3,10-15,23H2,1H3. The third-order valence-electron chi connectivity index (χ3n) is 5.73. The van der Waals surface area contributed by atoms with Crippen molar-refractivity contribution in [3.05, 3.63) is 48.0 Å². The largest absolute Gasteiger partial charge is 0.497 e. The van der Waals surface area contributed by atoms with Gasteiger partial charge in [-0.2, -0.15) is 0 Å². The molecule has 148 valence electrons. The van der Waals surface area contributed by atoms with Crippen LogP contribution in [0.25, 0.3) is 0 Å². The van der Waals surface area contributed by atoms with Crippen molar-refractivity contribution in [3.63, 3.8) is 0 Å². The quantitative estimate of drug-likeness (QED) is 0.827. The summed E-state index contributed by atoms with van der Waals surface area (Å²) in [5.74, 6) is 0.971. The van der Waals surface area contributed by atoms with Crippen molar-refractivity contribution in [1.29, 1.82) is 0 Å². The molecule has 2 heterocycles. The highest BCUT2D eigenvalue weighted by Crippen LogP contribution is 2.28. The fourth-order valence-electron chi connectivity index (χ4n) is 4.08. The number of likely N-dealkylation sites (tertiary alicyclic amines) is 1. The maximum Gasteiger partial charge on any atom is 0.253 e. The van der Waals surface area contributed by atoms with Gasteiger partial charge in [-0.1, -0.05) is 0 Å². The normalized spacial score (nSPS) is 17.1. The van der Waals surface area contributed by atoms with Gasteiger partial charge in [-0.05, 0) is 55.3 Å². The van der Waals surface area contributed by atoms with Crippen LogP contribution in [0, 0.1) is 0 Å². The lowest BCUT2D eigenvalue weighted by atomic mass is 10.1. The van der Waals surface area contributed by atoms with Gasteiger partial charge in [0.05, 0.1) is 18.5 Å². The van der Waals surface area contributed by atoms with Crippen LogP contribution >= 0.6 is 0 Å². The number of methoxy groups -OCH3 is 1. The van der Waals surface area contributed by atoms with Crippen molar-refractivity contribution in [2.45, 2.75) is 12.8 Å². The summed E-state index contributed by atoms with van der Waals surface area (Å²) >= 11 is 0. The van der Waals surface area contributed by atoms with Gasteiger partial charge in [0.2, 0.25) is 0 Å². The van der Waals surface area contributed by atoms with Crippen LogP contribution in [0.2, 0.25) is 0 Å². The number of nitrogen functional groups attached to an aromatic ring is 1. The Morgan fingerprint density at radius 2 is 1.54 bits per heavy atom. The zero-order valence-electron chi connectivity index (χ0n) is 16.4. The van der Waals surface area contributed by atoms with Gasteiger partial charge in [0.1, 0.15) is 5.75 Å². The van der Waals surface area contributed by atoms with E-state index >= 15 is 0 Å². The fraction of sp³-hybridized carbons (Fsp3) is 0.409. The second-order valence-electron chi connectivity index (χ2n) is 7.45. The number of hydrogen-bond donors (Lipinski definition) is 1. The molecule has 0 saturated carbocycles. The maximum absolute atomic E-state index is 12.6. The maximum atomic E-state index is 12.6. The first-order valence-corrected chi connectivity index (χ1v) is 9.98. The zero-order valence-corrected chi connectivity index (χ0v) is 16.4. The van der Waals surface area contributed by atoms with E-state index in [4.69, 9.17) is 10.5 Å². The molecular weight excluding hydrogens is 352 g/mol. The van der Waals surface area contributed by atoms with Crippen LogP contribution in [0.5, 0.6) is 5.75 Å². The SMILES string of the molecule is COc1ccc(N2CCN(c3ccc(C(=O)N4CCCC4)cc3N)CC2)cc1. The highest BCUT2D eigenvalue weighted by Gasteiger charge is 2.22. The molecule has 2 fully saturated rings. The van der Waals surface area contributed by atoms with Crippen LogP contribution in [-0.2, 0) is 0 Å². The lowest BCUT2D eigenvalue weighted by molar-refractivity contribution is 0.0793. The van der Waals surface area contributed by atoms with Crippen molar-refractivity contribution >= 4 is 23.0 Å². The predicted molar refractivity (Wildman–Crippen MR) is 113 cm³/mol. The molecule has 6 nitrogen and oxygen atoms in total. The monoisotopic (exact) mass is 380 g/mol. The van der Waals surface area contributed by atoms with Crippen LogP contribution in [-0.4, -0.2) is 57.2 Å². The number of nitrogens with two attached hydrogens (primary N) is 1. The lowest BCUT2D eigenvalue weighted by Crippen LogP contribution is -2.46. The van der Waals surface area contributed by atoms with E-state index in [1.807, 2.05) is 35.2 Å². The van der Waals surface area contributed by atoms with Gasteiger partial charge in [-0.15, -0.1) is 0 Å². The predicted octanol–water partition coefficient (Wildman–Crippen LogP) is 2.84. The third kappa shape index (κ3) is 3.72. The van der Waals surface area contributed by atoms with Crippen LogP contribution in [0.15, 0.2) is 42.5 Å². The van der Waals surface area contributed by atoms with Gasteiger partial charge in [0.25, 0.3) is 5.91 Å². The molecular formula is C22H28N4O2. The molecule has 0 bridgehead atoms. The summed E-state index contributed by atoms with van der Waals surface area (Å²) in [5, 5.41) is 0. The number of hydrogen-bond acceptors (Lipinski definition) is 5. The molecule has 2 aromatic rings. The Hall–Kier alpha value is -2.89. The van der Waals surface area contributed by atoms with Gasteiger partial charge in [-0.3, -0.25) is 4.79 Å². The van der Waals surface area contributed by atoms with E-state index in [1.165, 1.54) is 5.69 Å². The van der Waals surface area contributed by atoms with Crippen molar-refractivity contribution < 1.29 is 9.53 Å². The Kier molecular flexibility index (Phi) is 5.28. The molecule has 1 amide bonds. The molecule has 6 heteroatoms. The number of piperazine rings is 1. The van der Waals surface area contributed by atoms with Crippen LogP contribution in [0.1, 0.15) is 23.2 Å². The van der Waals surface area contributed by atoms with E-state index in [2.05, 4.69) is 21.9 Å². The summed E-state index contributed by atoms with van der Waals surface area (Å²) in [6.07, 6.45) is 2.19. The van der Waals surface area contributed by atoms with E-state index in [-0.39, 0.29) is 5.91 Å². The topological polar surface area (TPSA) is 62.0 Å². The number of ether oxygens (including phenoxy) is 1. The van der Waals surface area contributed by atoms with E-state index in [1.54, 1.807) is 7.11 Å². The molecule has 2 aromatic carbocycles. The first kappa shape index (κ1) is 18.5. The molecule has 0 radical (unpaired) electrons. The summed E-state index contributed by atoms with van der Waals surface area (Å²) < 4.78 is 5.24. The summed E-state index contributed by atoms with van der Waals surface area (Å²) in [6, 6.07) is 13.9. The molecule has 0 atom stereocenters. The highest BCUT2D eigenvalue weighted by molar-refractivity contribution is 5.96. The Balaban J connectivity index is 1.40. The van der Waals surface area contributed by atoms with Crippen molar-refractivity contribution in [3.8, 4) is 5.75 Å². The first-order valence-electron chi connectivity index (χ1n) is 9.98. The molecule has 2 aliphatic rings. The minimum absolute atomic E-state index is 0.0973. The average molecular weight is 380 g/mol. The number of anilines is 3. The molecule has 0 aromatic heterocycles. The minimum atomic E-state index is 0.0973. The van der Waals surface area contributed by atoms with Gasteiger partial charge < -0.3 is 25.2 Å². The Morgan fingerprint density at radius 3 is 2.14 bits per heavy atom.